The Kier molecular flexibility index (Phi) is 2.84. The van der Waals surface area contributed by atoms with Crippen molar-refractivity contribution in [3.63, 3.8) is 0 Å². The van der Waals surface area contributed by atoms with E-state index in [0.29, 0.717) is 11.3 Å². The summed E-state index contributed by atoms with van der Waals surface area (Å²) < 4.78 is 0. The van der Waals surface area contributed by atoms with Gasteiger partial charge < -0.3 is 0 Å². The summed E-state index contributed by atoms with van der Waals surface area (Å²) in [6, 6.07) is 19.2. The second-order valence-corrected chi connectivity index (χ2v) is 4.52. The molecule has 0 saturated heterocycles. The van der Waals surface area contributed by atoms with Crippen molar-refractivity contribution in [1.29, 1.82) is 0 Å². The van der Waals surface area contributed by atoms with Crippen molar-refractivity contribution in [1.82, 2.24) is 4.98 Å². The fourth-order valence-electron chi connectivity index (χ4n) is 2.23. The van der Waals surface area contributed by atoms with Crippen molar-refractivity contribution >= 4 is 16.6 Å². The maximum atomic E-state index is 12.6. The van der Waals surface area contributed by atoms with Crippen molar-refractivity contribution in [2.24, 2.45) is 0 Å². The summed E-state index contributed by atoms with van der Waals surface area (Å²) in [6.45, 7) is 1.89. The maximum Gasteiger partial charge on any atom is 0.211 e. The number of carbonyl (C=O) groups is 1. The molecule has 0 N–H and O–H groups in total. The van der Waals surface area contributed by atoms with Gasteiger partial charge in [-0.25, -0.2) is 4.98 Å². The highest BCUT2D eigenvalue weighted by Crippen LogP contribution is 2.20. The average Bonchev–Trinajstić information content (AvgIpc) is 2.46. The van der Waals surface area contributed by atoms with E-state index in [1.807, 2.05) is 61.5 Å². The minimum Gasteiger partial charge on any atom is -0.287 e. The molecule has 0 amide bonds. The first-order chi connectivity index (χ1) is 9.25. The SMILES string of the molecule is Cc1cccc(C(=O)c2cccc3ccccc23)n1. The fraction of sp³-hybridized carbons (Fsp3) is 0.0588. The molecule has 1 aromatic heterocycles. The molecule has 3 aromatic rings. The highest BCUT2D eigenvalue weighted by molar-refractivity contribution is 6.15. The van der Waals surface area contributed by atoms with E-state index >= 15 is 0 Å². The number of rotatable bonds is 2. The third kappa shape index (κ3) is 2.13. The van der Waals surface area contributed by atoms with Crippen LogP contribution in [0.1, 0.15) is 21.7 Å². The van der Waals surface area contributed by atoms with Crippen LogP contribution in [0.25, 0.3) is 10.8 Å². The lowest BCUT2D eigenvalue weighted by Gasteiger charge is -2.05. The standard InChI is InChI=1S/C17H13NO/c1-12-6-4-11-16(18-12)17(19)15-10-5-8-13-7-2-3-9-14(13)15/h2-11H,1H3. The number of aryl methyl sites for hydroxylation is 1. The summed E-state index contributed by atoms with van der Waals surface area (Å²) in [4.78, 5) is 16.9. The zero-order valence-corrected chi connectivity index (χ0v) is 10.6. The molecule has 1 heterocycles. The number of aromatic nitrogens is 1. The zero-order valence-electron chi connectivity index (χ0n) is 10.6. The van der Waals surface area contributed by atoms with Gasteiger partial charge >= 0.3 is 0 Å². The van der Waals surface area contributed by atoms with Gasteiger partial charge in [-0.2, -0.15) is 0 Å². The lowest BCUT2D eigenvalue weighted by atomic mass is 9.99. The highest BCUT2D eigenvalue weighted by atomic mass is 16.1. The number of fused-ring (bicyclic) bond motifs is 1. The molecule has 0 unspecified atom stereocenters. The molecule has 2 heteroatoms. The van der Waals surface area contributed by atoms with E-state index in [0.717, 1.165) is 16.5 Å². The first-order valence-corrected chi connectivity index (χ1v) is 6.22. The zero-order chi connectivity index (χ0) is 13.2. The number of hydrogen-bond donors (Lipinski definition) is 0. The molecule has 3 rings (SSSR count). The van der Waals surface area contributed by atoms with Crippen LogP contribution in [-0.4, -0.2) is 10.8 Å². The van der Waals surface area contributed by atoms with Gasteiger partial charge in [-0.1, -0.05) is 48.5 Å². The number of pyridine rings is 1. The average molecular weight is 247 g/mol. The topological polar surface area (TPSA) is 30.0 Å². The molecule has 2 aromatic carbocycles. The Bertz CT molecular complexity index is 757. The van der Waals surface area contributed by atoms with Gasteiger partial charge in [0, 0.05) is 11.3 Å². The molecule has 0 saturated carbocycles. The van der Waals surface area contributed by atoms with Crippen molar-refractivity contribution in [3.05, 3.63) is 77.6 Å². The summed E-state index contributed by atoms with van der Waals surface area (Å²) >= 11 is 0. The normalized spacial score (nSPS) is 10.6. The van der Waals surface area contributed by atoms with Gasteiger partial charge in [0.15, 0.2) is 0 Å². The fourth-order valence-corrected chi connectivity index (χ4v) is 2.23. The third-order valence-corrected chi connectivity index (χ3v) is 3.16. The molecule has 0 radical (unpaired) electrons. The predicted molar refractivity (Wildman–Crippen MR) is 76.4 cm³/mol. The summed E-state index contributed by atoms with van der Waals surface area (Å²) in [6.07, 6.45) is 0. The summed E-state index contributed by atoms with van der Waals surface area (Å²) in [5.41, 5.74) is 2.05. The second kappa shape index (κ2) is 4.65. The Hall–Kier alpha value is -2.48. The Morgan fingerprint density at radius 1 is 0.895 bits per heavy atom. The number of carbonyl (C=O) groups excluding carboxylic acids is 1. The van der Waals surface area contributed by atoms with Crippen molar-refractivity contribution < 1.29 is 4.79 Å². The van der Waals surface area contributed by atoms with E-state index in [9.17, 15) is 4.79 Å². The first kappa shape index (κ1) is 11.6. The molecule has 2 nitrogen and oxygen atoms in total. The van der Waals surface area contributed by atoms with Crippen molar-refractivity contribution in [2.45, 2.75) is 6.92 Å². The summed E-state index contributed by atoms with van der Waals surface area (Å²) in [5, 5.41) is 2.04. The molecular weight excluding hydrogens is 234 g/mol. The van der Waals surface area contributed by atoms with Crippen LogP contribution < -0.4 is 0 Å². The lowest BCUT2D eigenvalue weighted by molar-refractivity contribution is 0.103. The second-order valence-electron chi connectivity index (χ2n) is 4.52. The molecule has 0 bridgehead atoms. The molecule has 0 atom stereocenters. The Labute approximate surface area is 111 Å². The van der Waals surface area contributed by atoms with Crippen molar-refractivity contribution in [3.8, 4) is 0 Å². The van der Waals surface area contributed by atoms with E-state index in [1.54, 1.807) is 6.07 Å². The van der Waals surface area contributed by atoms with Crippen LogP contribution in [0.15, 0.2) is 60.7 Å². The van der Waals surface area contributed by atoms with Gasteiger partial charge in [0.25, 0.3) is 0 Å². The highest BCUT2D eigenvalue weighted by Gasteiger charge is 2.13. The van der Waals surface area contributed by atoms with Gasteiger partial charge in [-0.05, 0) is 29.8 Å². The lowest BCUT2D eigenvalue weighted by Crippen LogP contribution is -2.05. The quantitative estimate of drug-likeness (QED) is 0.645. The number of nitrogens with zero attached hydrogens (tertiary/aromatic N) is 1. The maximum absolute atomic E-state index is 12.6. The largest absolute Gasteiger partial charge is 0.287 e. The van der Waals surface area contributed by atoms with E-state index in [4.69, 9.17) is 0 Å². The van der Waals surface area contributed by atoms with Crippen LogP contribution in [0.4, 0.5) is 0 Å². The predicted octanol–water partition coefficient (Wildman–Crippen LogP) is 3.77. The van der Waals surface area contributed by atoms with E-state index in [1.165, 1.54) is 0 Å². The van der Waals surface area contributed by atoms with Crippen molar-refractivity contribution in [2.75, 3.05) is 0 Å². The Morgan fingerprint density at radius 3 is 2.47 bits per heavy atom. The molecule has 0 fully saturated rings. The molecule has 0 spiro atoms. The van der Waals surface area contributed by atoms with Crippen LogP contribution in [-0.2, 0) is 0 Å². The monoisotopic (exact) mass is 247 g/mol. The van der Waals surface area contributed by atoms with Gasteiger partial charge in [-0.3, -0.25) is 4.79 Å². The van der Waals surface area contributed by atoms with E-state index < -0.39 is 0 Å². The number of hydrogen-bond acceptors (Lipinski definition) is 2. The summed E-state index contributed by atoms with van der Waals surface area (Å²) in [5.74, 6) is -0.0273. The molecule has 0 aliphatic heterocycles. The molecule has 0 aliphatic rings. The van der Waals surface area contributed by atoms with Gasteiger partial charge in [0.05, 0.1) is 0 Å². The van der Waals surface area contributed by atoms with Crippen LogP contribution in [0, 0.1) is 6.92 Å². The van der Waals surface area contributed by atoms with E-state index in [-0.39, 0.29) is 5.78 Å². The van der Waals surface area contributed by atoms with Crippen LogP contribution in [0.3, 0.4) is 0 Å². The molecule has 0 aliphatic carbocycles. The van der Waals surface area contributed by atoms with Crippen LogP contribution >= 0.6 is 0 Å². The van der Waals surface area contributed by atoms with Crippen LogP contribution in [0.5, 0.6) is 0 Å². The minimum absolute atomic E-state index is 0.0273. The third-order valence-electron chi connectivity index (χ3n) is 3.16. The van der Waals surface area contributed by atoms with Gasteiger partial charge in [-0.15, -0.1) is 0 Å². The smallest absolute Gasteiger partial charge is 0.211 e. The Balaban J connectivity index is 2.17. The molecule has 92 valence electrons. The summed E-state index contributed by atoms with van der Waals surface area (Å²) in [7, 11) is 0. The van der Waals surface area contributed by atoms with Gasteiger partial charge in [0.2, 0.25) is 5.78 Å². The molecular formula is C17H13NO. The first-order valence-electron chi connectivity index (χ1n) is 6.22. The Morgan fingerprint density at radius 2 is 1.63 bits per heavy atom. The van der Waals surface area contributed by atoms with Crippen LogP contribution in [0.2, 0.25) is 0 Å². The number of ketones is 1. The van der Waals surface area contributed by atoms with Gasteiger partial charge in [0.1, 0.15) is 5.69 Å². The van der Waals surface area contributed by atoms with E-state index in [2.05, 4.69) is 4.98 Å². The molecule has 19 heavy (non-hydrogen) atoms. The number of benzene rings is 2. The minimum atomic E-state index is -0.0273.